The van der Waals surface area contributed by atoms with Crippen LogP contribution in [0.4, 0.5) is 0 Å². The third-order valence-electron chi connectivity index (χ3n) is 4.16. The second kappa shape index (κ2) is 9.96. The van der Waals surface area contributed by atoms with E-state index in [1.807, 2.05) is 4.90 Å². The first-order valence-corrected chi connectivity index (χ1v) is 9.04. The highest BCUT2D eigenvalue weighted by atomic mass is 16.2. The predicted octanol–water partition coefficient (Wildman–Crippen LogP) is 2.11. The largest absolute Gasteiger partial charge is 0.357 e. The lowest BCUT2D eigenvalue weighted by Crippen LogP contribution is -2.38. The van der Waals surface area contributed by atoms with Gasteiger partial charge < -0.3 is 15.5 Å². The van der Waals surface area contributed by atoms with E-state index in [4.69, 9.17) is 0 Å². The molecule has 24 heavy (non-hydrogen) atoms. The fourth-order valence-electron chi connectivity index (χ4n) is 2.93. The number of guanidine groups is 1. The Bertz CT molecular complexity index is 556. The van der Waals surface area contributed by atoms with Crippen molar-refractivity contribution in [3.63, 3.8) is 0 Å². The molecule has 1 saturated heterocycles. The molecular weight excluding hydrogens is 300 g/mol. The Hall–Kier alpha value is -2.04. The van der Waals surface area contributed by atoms with Gasteiger partial charge >= 0.3 is 0 Å². The summed E-state index contributed by atoms with van der Waals surface area (Å²) in [7, 11) is 0. The van der Waals surface area contributed by atoms with Gasteiger partial charge in [-0.3, -0.25) is 9.79 Å². The molecule has 1 fully saturated rings. The van der Waals surface area contributed by atoms with Crippen molar-refractivity contribution in [2.24, 2.45) is 4.99 Å². The number of hydrogen-bond donors (Lipinski definition) is 2. The van der Waals surface area contributed by atoms with Crippen molar-refractivity contribution >= 4 is 11.9 Å². The molecule has 1 aromatic rings. The van der Waals surface area contributed by atoms with E-state index in [9.17, 15) is 4.79 Å². The standard InChI is InChI=1S/C19H30N4O/c1-3-20-19(21-11-6-14-23-13-5-9-18(23)24)22-12-10-17-8-4-7-16(2)15-17/h4,7-8,15H,3,5-6,9-14H2,1-2H3,(H2,20,21,22). The van der Waals surface area contributed by atoms with E-state index in [2.05, 4.69) is 53.7 Å². The SMILES string of the molecule is CCNC(=NCCCN1CCCC1=O)NCCc1cccc(C)c1. The summed E-state index contributed by atoms with van der Waals surface area (Å²) >= 11 is 0. The zero-order chi connectivity index (χ0) is 17.2. The van der Waals surface area contributed by atoms with Crippen molar-refractivity contribution in [3.8, 4) is 0 Å². The molecule has 132 valence electrons. The summed E-state index contributed by atoms with van der Waals surface area (Å²) in [6, 6.07) is 8.60. The number of nitrogens with zero attached hydrogens (tertiary/aromatic N) is 2. The van der Waals surface area contributed by atoms with Crippen LogP contribution >= 0.6 is 0 Å². The lowest BCUT2D eigenvalue weighted by Gasteiger charge is -2.15. The molecule has 2 rings (SSSR count). The van der Waals surface area contributed by atoms with E-state index in [0.717, 1.165) is 57.9 Å². The zero-order valence-electron chi connectivity index (χ0n) is 15.0. The van der Waals surface area contributed by atoms with Crippen LogP contribution in [0.1, 0.15) is 37.3 Å². The lowest BCUT2D eigenvalue weighted by atomic mass is 10.1. The second-order valence-electron chi connectivity index (χ2n) is 6.26. The van der Waals surface area contributed by atoms with Gasteiger partial charge in [0.2, 0.25) is 5.91 Å². The van der Waals surface area contributed by atoms with Gasteiger partial charge in [0, 0.05) is 39.1 Å². The number of amides is 1. The Balaban J connectivity index is 1.70. The number of rotatable bonds is 8. The molecule has 5 heteroatoms. The molecule has 1 aromatic carbocycles. The van der Waals surface area contributed by atoms with Crippen molar-refractivity contribution in [1.82, 2.24) is 15.5 Å². The smallest absolute Gasteiger partial charge is 0.222 e. The molecule has 0 spiro atoms. The molecule has 1 heterocycles. The molecule has 5 nitrogen and oxygen atoms in total. The van der Waals surface area contributed by atoms with Crippen LogP contribution in [0.25, 0.3) is 0 Å². The summed E-state index contributed by atoms with van der Waals surface area (Å²) in [5.74, 6) is 1.15. The molecule has 1 amide bonds. The number of nitrogens with one attached hydrogen (secondary N) is 2. The minimum atomic E-state index is 0.294. The molecule has 1 aliphatic rings. The van der Waals surface area contributed by atoms with Crippen LogP contribution in [0.2, 0.25) is 0 Å². The van der Waals surface area contributed by atoms with Gasteiger partial charge in [0.05, 0.1) is 0 Å². The van der Waals surface area contributed by atoms with Gasteiger partial charge in [-0.15, -0.1) is 0 Å². The fraction of sp³-hybridized carbons (Fsp3) is 0.579. The molecule has 0 unspecified atom stereocenters. The normalized spacial score (nSPS) is 15.0. The second-order valence-corrected chi connectivity index (χ2v) is 6.26. The third-order valence-corrected chi connectivity index (χ3v) is 4.16. The summed E-state index contributed by atoms with van der Waals surface area (Å²) in [6.45, 7) is 8.38. The first-order valence-electron chi connectivity index (χ1n) is 9.04. The monoisotopic (exact) mass is 330 g/mol. The lowest BCUT2D eigenvalue weighted by molar-refractivity contribution is -0.127. The van der Waals surface area contributed by atoms with Crippen LogP contribution in [-0.4, -0.2) is 49.5 Å². The first-order chi connectivity index (χ1) is 11.7. The van der Waals surface area contributed by atoms with Crippen LogP contribution in [0.5, 0.6) is 0 Å². The Labute approximate surface area is 145 Å². The molecule has 0 saturated carbocycles. The third kappa shape index (κ3) is 6.22. The number of carbonyl (C=O) groups excluding carboxylic acids is 1. The summed E-state index contributed by atoms with van der Waals surface area (Å²) < 4.78 is 0. The molecule has 0 radical (unpaired) electrons. The average molecular weight is 330 g/mol. The predicted molar refractivity (Wildman–Crippen MR) is 99.3 cm³/mol. The average Bonchev–Trinajstić information content (AvgIpc) is 2.97. The molecule has 0 atom stereocenters. The van der Waals surface area contributed by atoms with Gasteiger partial charge in [0.1, 0.15) is 0 Å². The highest BCUT2D eigenvalue weighted by Crippen LogP contribution is 2.09. The van der Waals surface area contributed by atoms with Crippen molar-refractivity contribution < 1.29 is 4.79 Å². The minimum absolute atomic E-state index is 0.294. The molecule has 0 aliphatic carbocycles. The Kier molecular flexibility index (Phi) is 7.59. The van der Waals surface area contributed by atoms with Gasteiger partial charge in [-0.05, 0) is 38.7 Å². The van der Waals surface area contributed by atoms with E-state index in [1.54, 1.807) is 0 Å². The maximum atomic E-state index is 11.6. The van der Waals surface area contributed by atoms with Crippen LogP contribution in [0, 0.1) is 6.92 Å². The van der Waals surface area contributed by atoms with Crippen LogP contribution in [-0.2, 0) is 11.2 Å². The van der Waals surface area contributed by atoms with Crippen LogP contribution < -0.4 is 10.6 Å². The Morgan fingerprint density at radius 1 is 1.33 bits per heavy atom. The molecule has 1 aliphatic heterocycles. The van der Waals surface area contributed by atoms with Crippen molar-refractivity contribution in [2.75, 3.05) is 32.7 Å². The van der Waals surface area contributed by atoms with E-state index >= 15 is 0 Å². The number of likely N-dealkylation sites (tertiary alicyclic amines) is 1. The fourth-order valence-corrected chi connectivity index (χ4v) is 2.93. The maximum absolute atomic E-state index is 11.6. The number of aliphatic imine (C=N–C) groups is 1. The molecule has 2 N–H and O–H groups in total. The van der Waals surface area contributed by atoms with Gasteiger partial charge in [-0.2, -0.15) is 0 Å². The van der Waals surface area contributed by atoms with E-state index in [1.165, 1.54) is 11.1 Å². The van der Waals surface area contributed by atoms with Gasteiger partial charge in [-0.25, -0.2) is 0 Å². The van der Waals surface area contributed by atoms with Crippen molar-refractivity contribution in [2.45, 2.75) is 39.5 Å². The quantitative estimate of drug-likeness (QED) is 0.436. The summed E-state index contributed by atoms with van der Waals surface area (Å²) in [4.78, 5) is 18.1. The number of hydrogen-bond acceptors (Lipinski definition) is 2. The van der Waals surface area contributed by atoms with Gasteiger partial charge in [0.15, 0.2) is 5.96 Å². The molecule has 0 aromatic heterocycles. The van der Waals surface area contributed by atoms with E-state index in [-0.39, 0.29) is 0 Å². The van der Waals surface area contributed by atoms with Crippen LogP contribution in [0.3, 0.4) is 0 Å². The molecule has 0 bridgehead atoms. The highest BCUT2D eigenvalue weighted by molar-refractivity contribution is 5.79. The zero-order valence-corrected chi connectivity index (χ0v) is 15.0. The summed E-state index contributed by atoms with van der Waals surface area (Å²) in [6.07, 6.45) is 3.62. The van der Waals surface area contributed by atoms with E-state index < -0.39 is 0 Å². The topological polar surface area (TPSA) is 56.7 Å². The minimum Gasteiger partial charge on any atom is -0.357 e. The van der Waals surface area contributed by atoms with Gasteiger partial charge in [0.25, 0.3) is 0 Å². The summed E-state index contributed by atoms with van der Waals surface area (Å²) in [5.41, 5.74) is 2.63. The molecular formula is C19H30N4O. The highest BCUT2D eigenvalue weighted by Gasteiger charge is 2.18. The Morgan fingerprint density at radius 2 is 2.21 bits per heavy atom. The summed E-state index contributed by atoms with van der Waals surface area (Å²) in [5, 5.41) is 6.66. The van der Waals surface area contributed by atoms with Crippen molar-refractivity contribution in [1.29, 1.82) is 0 Å². The van der Waals surface area contributed by atoms with Crippen molar-refractivity contribution in [3.05, 3.63) is 35.4 Å². The number of aryl methyl sites for hydroxylation is 1. The maximum Gasteiger partial charge on any atom is 0.222 e. The number of carbonyl (C=O) groups is 1. The van der Waals surface area contributed by atoms with Crippen LogP contribution in [0.15, 0.2) is 29.3 Å². The Morgan fingerprint density at radius 3 is 2.92 bits per heavy atom. The van der Waals surface area contributed by atoms with Gasteiger partial charge in [-0.1, -0.05) is 29.8 Å². The number of benzene rings is 1. The van der Waals surface area contributed by atoms with E-state index in [0.29, 0.717) is 12.3 Å². The first kappa shape index (κ1) is 18.3.